The van der Waals surface area contributed by atoms with E-state index in [0.29, 0.717) is 37.8 Å². The number of hydrogen-bond acceptors (Lipinski definition) is 5. The third-order valence-electron chi connectivity index (χ3n) is 3.97. The number of hydrogen-bond donors (Lipinski definition) is 0. The van der Waals surface area contributed by atoms with Gasteiger partial charge in [0, 0.05) is 18.0 Å². The van der Waals surface area contributed by atoms with E-state index in [9.17, 15) is 8.42 Å². The van der Waals surface area contributed by atoms with Crippen LogP contribution in [0.3, 0.4) is 0 Å². The number of sulfonamides is 1. The van der Waals surface area contributed by atoms with Crippen LogP contribution in [0, 0.1) is 0 Å². The highest BCUT2D eigenvalue weighted by molar-refractivity contribution is 7.98. The van der Waals surface area contributed by atoms with Gasteiger partial charge in [0.2, 0.25) is 10.0 Å². The Morgan fingerprint density at radius 3 is 2.52 bits per heavy atom. The summed E-state index contributed by atoms with van der Waals surface area (Å²) >= 11 is 1.67. The number of thioether (sulfide) groups is 1. The maximum Gasteiger partial charge on any atom is 0.243 e. The lowest BCUT2D eigenvalue weighted by Crippen LogP contribution is -2.40. The number of nitrogens with zero attached hydrogens (tertiary/aromatic N) is 1. The smallest absolute Gasteiger partial charge is 0.243 e. The van der Waals surface area contributed by atoms with Crippen molar-refractivity contribution >= 4 is 21.8 Å². The fourth-order valence-corrected chi connectivity index (χ4v) is 4.46. The fraction of sp³-hybridized carbons (Fsp3) is 0.333. The summed E-state index contributed by atoms with van der Waals surface area (Å²) < 4.78 is 37.9. The average Bonchev–Trinajstić information content (AvgIpc) is 2.67. The van der Waals surface area contributed by atoms with Gasteiger partial charge in [0.1, 0.15) is 12.4 Å². The monoisotopic (exact) mass is 379 g/mol. The summed E-state index contributed by atoms with van der Waals surface area (Å²) in [6, 6.07) is 14.8. The van der Waals surface area contributed by atoms with Gasteiger partial charge in [-0.2, -0.15) is 4.31 Å². The molecule has 0 N–H and O–H groups in total. The van der Waals surface area contributed by atoms with Crippen molar-refractivity contribution in [1.29, 1.82) is 0 Å². The lowest BCUT2D eigenvalue weighted by atomic mass is 10.2. The van der Waals surface area contributed by atoms with Gasteiger partial charge < -0.3 is 9.47 Å². The summed E-state index contributed by atoms with van der Waals surface area (Å²) in [4.78, 5) is 1.47. The van der Waals surface area contributed by atoms with Gasteiger partial charge >= 0.3 is 0 Å². The van der Waals surface area contributed by atoms with Gasteiger partial charge in [-0.15, -0.1) is 11.8 Å². The molecule has 134 valence electrons. The van der Waals surface area contributed by atoms with E-state index in [2.05, 4.69) is 0 Å². The molecule has 0 radical (unpaired) electrons. The van der Waals surface area contributed by atoms with Crippen molar-refractivity contribution in [2.24, 2.45) is 0 Å². The van der Waals surface area contributed by atoms with Gasteiger partial charge in [-0.05, 0) is 48.2 Å². The van der Waals surface area contributed by atoms with Crippen LogP contribution in [0.5, 0.6) is 5.75 Å². The molecule has 1 fully saturated rings. The van der Waals surface area contributed by atoms with Crippen molar-refractivity contribution < 1.29 is 17.9 Å². The van der Waals surface area contributed by atoms with Crippen molar-refractivity contribution in [1.82, 2.24) is 4.31 Å². The topological polar surface area (TPSA) is 55.8 Å². The third-order valence-corrected chi connectivity index (χ3v) is 6.61. The fourth-order valence-electron chi connectivity index (χ4n) is 2.57. The summed E-state index contributed by atoms with van der Waals surface area (Å²) in [5.74, 6) is 0.763. The van der Waals surface area contributed by atoms with Crippen molar-refractivity contribution in [3.63, 3.8) is 0 Å². The summed E-state index contributed by atoms with van der Waals surface area (Å²) in [5, 5.41) is 0. The van der Waals surface area contributed by atoms with Gasteiger partial charge in [0.25, 0.3) is 0 Å². The standard InChI is InChI=1S/C18H21NO4S2/c1-24-17-7-5-16(6-8-17)23-14-15-3-2-4-18(13-15)25(20,21)19-9-11-22-12-10-19/h2-8,13H,9-12,14H2,1H3. The molecule has 1 saturated heterocycles. The molecule has 3 rings (SSSR count). The van der Waals surface area contributed by atoms with E-state index in [4.69, 9.17) is 9.47 Å². The summed E-state index contributed by atoms with van der Waals surface area (Å²) in [7, 11) is -3.48. The van der Waals surface area contributed by atoms with E-state index < -0.39 is 10.0 Å². The molecule has 0 amide bonds. The first-order valence-electron chi connectivity index (χ1n) is 8.03. The minimum atomic E-state index is -3.48. The molecule has 2 aromatic carbocycles. The van der Waals surface area contributed by atoms with E-state index >= 15 is 0 Å². The maximum atomic E-state index is 12.7. The Morgan fingerprint density at radius 1 is 1.12 bits per heavy atom. The predicted molar refractivity (Wildman–Crippen MR) is 98.6 cm³/mol. The first-order chi connectivity index (χ1) is 12.1. The number of benzene rings is 2. The summed E-state index contributed by atoms with van der Waals surface area (Å²) in [6.07, 6.45) is 2.02. The van der Waals surface area contributed by atoms with Crippen LogP contribution in [0.2, 0.25) is 0 Å². The van der Waals surface area contributed by atoms with Crippen LogP contribution < -0.4 is 4.74 Å². The molecule has 0 unspecified atom stereocenters. The first kappa shape index (κ1) is 18.3. The Bertz CT molecular complexity index is 800. The first-order valence-corrected chi connectivity index (χ1v) is 10.7. The zero-order chi connectivity index (χ0) is 17.7. The quantitative estimate of drug-likeness (QED) is 0.722. The molecule has 1 heterocycles. The van der Waals surface area contributed by atoms with Gasteiger partial charge in [-0.3, -0.25) is 0 Å². The molecular weight excluding hydrogens is 358 g/mol. The van der Waals surface area contributed by atoms with E-state index in [1.807, 2.05) is 36.6 Å². The summed E-state index contributed by atoms with van der Waals surface area (Å²) in [5.41, 5.74) is 0.822. The van der Waals surface area contributed by atoms with Gasteiger partial charge in [-0.1, -0.05) is 12.1 Å². The maximum absolute atomic E-state index is 12.7. The van der Waals surface area contributed by atoms with Gasteiger partial charge in [0.05, 0.1) is 18.1 Å². The van der Waals surface area contributed by atoms with E-state index in [1.54, 1.807) is 30.0 Å². The van der Waals surface area contributed by atoms with E-state index in [-0.39, 0.29) is 0 Å². The second-order valence-corrected chi connectivity index (χ2v) is 8.45. The van der Waals surface area contributed by atoms with Crippen molar-refractivity contribution in [2.75, 3.05) is 32.6 Å². The minimum Gasteiger partial charge on any atom is -0.489 e. The average molecular weight is 380 g/mol. The summed E-state index contributed by atoms with van der Waals surface area (Å²) in [6.45, 7) is 1.99. The zero-order valence-electron chi connectivity index (χ0n) is 14.1. The highest BCUT2D eigenvalue weighted by Gasteiger charge is 2.26. The Morgan fingerprint density at radius 2 is 1.84 bits per heavy atom. The van der Waals surface area contributed by atoms with Crippen LogP contribution in [0.15, 0.2) is 58.3 Å². The van der Waals surface area contributed by atoms with E-state index in [1.165, 1.54) is 9.20 Å². The van der Waals surface area contributed by atoms with Gasteiger partial charge in [-0.25, -0.2) is 8.42 Å². The molecule has 7 heteroatoms. The van der Waals surface area contributed by atoms with Gasteiger partial charge in [0.15, 0.2) is 0 Å². The second kappa shape index (κ2) is 8.23. The Balaban J connectivity index is 1.70. The second-order valence-electron chi connectivity index (χ2n) is 5.63. The molecule has 0 aromatic heterocycles. The van der Waals surface area contributed by atoms with Crippen LogP contribution in [0.4, 0.5) is 0 Å². The molecule has 0 saturated carbocycles. The van der Waals surface area contributed by atoms with Crippen LogP contribution in [0.25, 0.3) is 0 Å². The number of ether oxygens (including phenoxy) is 2. The molecular formula is C18H21NO4S2. The van der Waals surface area contributed by atoms with Crippen LogP contribution in [-0.4, -0.2) is 45.3 Å². The zero-order valence-corrected chi connectivity index (χ0v) is 15.7. The van der Waals surface area contributed by atoms with Crippen LogP contribution in [0.1, 0.15) is 5.56 Å². The Hall–Kier alpha value is -1.54. The third kappa shape index (κ3) is 4.55. The molecule has 1 aliphatic heterocycles. The van der Waals surface area contributed by atoms with Crippen molar-refractivity contribution in [3.05, 3.63) is 54.1 Å². The van der Waals surface area contributed by atoms with Crippen molar-refractivity contribution in [3.8, 4) is 5.75 Å². The minimum absolute atomic E-state index is 0.299. The predicted octanol–water partition coefficient (Wildman–Crippen LogP) is 3.01. The normalized spacial score (nSPS) is 15.9. The largest absolute Gasteiger partial charge is 0.489 e. The highest BCUT2D eigenvalue weighted by atomic mass is 32.2. The van der Waals surface area contributed by atoms with Crippen molar-refractivity contribution in [2.45, 2.75) is 16.4 Å². The lowest BCUT2D eigenvalue weighted by molar-refractivity contribution is 0.0730. The molecule has 0 aliphatic carbocycles. The Kier molecular flexibility index (Phi) is 6.01. The molecule has 2 aromatic rings. The molecule has 0 bridgehead atoms. The number of rotatable bonds is 6. The molecule has 25 heavy (non-hydrogen) atoms. The Labute approximate surface area is 153 Å². The van der Waals surface area contributed by atoms with E-state index in [0.717, 1.165) is 11.3 Å². The number of morpholine rings is 1. The molecule has 0 atom stereocenters. The molecule has 0 spiro atoms. The molecule has 5 nitrogen and oxygen atoms in total. The van der Waals surface area contributed by atoms with Crippen LogP contribution in [-0.2, 0) is 21.4 Å². The highest BCUT2D eigenvalue weighted by Crippen LogP contribution is 2.21. The molecule has 1 aliphatic rings. The van der Waals surface area contributed by atoms with Crippen LogP contribution >= 0.6 is 11.8 Å². The SMILES string of the molecule is CSc1ccc(OCc2cccc(S(=O)(=O)N3CCOCC3)c2)cc1. The lowest BCUT2D eigenvalue weighted by Gasteiger charge is -2.26.